The number of hydrogen-bond acceptors (Lipinski definition) is 9. The summed E-state index contributed by atoms with van der Waals surface area (Å²) in [5.41, 5.74) is 1.85. The lowest BCUT2D eigenvalue weighted by molar-refractivity contribution is -0.135. The largest absolute Gasteiger partial charge is 0.497 e. The Balaban J connectivity index is 1.47. The zero-order valence-corrected chi connectivity index (χ0v) is 22.7. The normalized spacial score (nSPS) is 16.6. The Kier molecular flexibility index (Phi) is 6.37. The van der Waals surface area contributed by atoms with Crippen molar-refractivity contribution in [2.45, 2.75) is 12.3 Å². The van der Waals surface area contributed by atoms with E-state index in [9.17, 15) is 14.4 Å². The van der Waals surface area contributed by atoms with Crippen molar-refractivity contribution in [3.05, 3.63) is 86.9 Å². The summed E-state index contributed by atoms with van der Waals surface area (Å²) in [6.45, 7) is 0. The molecule has 2 aliphatic heterocycles. The van der Waals surface area contributed by atoms with Crippen molar-refractivity contribution in [3.8, 4) is 34.5 Å². The maximum Gasteiger partial charge on any atom is 0.312 e. The first-order valence-electron chi connectivity index (χ1n) is 12.7. The number of rotatable bonds is 6. The van der Waals surface area contributed by atoms with Gasteiger partial charge in [0.25, 0.3) is 5.56 Å². The van der Waals surface area contributed by atoms with Gasteiger partial charge in [0.15, 0.2) is 17.3 Å². The van der Waals surface area contributed by atoms with Crippen LogP contribution in [0.1, 0.15) is 39.4 Å². The second-order valence-corrected chi connectivity index (χ2v) is 9.48. The van der Waals surface area contributed by atoms with E-state index in [2.05, 4.69) is 4.98 Å². The second kappa shape index (κ2) is 10.1. The molecular weight excluding hydrogens is 530 g/mol. The van der Waals surface area contributed by atoms with E-state index < -0.39 is 11.9 Å². The summed E-state index contributed by atoms with van der Waals surface area (Å²) >= 11 is 0. The molecule has 0 fully saturated rings. The fourth-order valence-corrected chi connectivity index (χ4v) is 5.26. The highest BCUT2D eigenvalue weighted by Gasteiger charge is 2.39. The van der Waals surface area contributed by atoms with E-state index in [-0.39, 0.29) is 35.0 Å². The number of methoxy groups -OCH3 is 4. The lowest BCUT2D eigenvalue weighted by atomic mass is 9.85. The number of benzene rings is 3. The molecule has 0 bridgehead atoms. The van der Waals surface area contributed by atoms with Crippen molar-refractivity contribution in [2.75, 3.05) is 28.4 Å². The van der Waals surface area contributed by atoms with Gasteiger partial charge in [-0.15, -0.1) is 0 Å². The summed E-state index contributed by atoms with van der Waals surface area (Å²) in [6.07, 6.45) is 1.45. The fraction of sp³-hybridized carbons (Fsp3) is 0.194. The predicted octanol–water partition coefficient (Wildman–Crippen LogP) is 4.62. The van der Waals surface area contributed by atoms with E-state index in [0.29, 0.717) is 50.8 Å². The molecule has 0 aliphatic carbocycles. The van der Waals surface area contributed by atoms with Gasteiger partial charge >= 0.3 is 5.97 Å². The lowest BCUT2D eigenvalue weighted by Crippen LogP contribution is -2.26. The highest BCUT2D eigenvalue weighted by atomic mass is 16.5. The second-order valence-electron chi connectivity index (χ2n) is 9.48. The topological polar surface area (TPSA) is 122 Å². The van der Waals surface area contributed by atoms with Gasteiger partial charge in [-0.05, 0) is 47.9 Å². The van der Waals surface area contributed by atoms with Gasteiger partial charge in [-0.2, -0.15) is 0 Å². The molecule has 208 valence electrons. The summed E-state index contributed by atoms with van der Waals surface area (Å²) in [7, 11) is 6.07. The summed E-state index contributed by atoms with van der Waals surface area (Å²) in [5, 5.41) is 0.756. The maximum absolute atomic E-state index is 13.5. The van der Waals surface area contributed by atoms with Crippen LogP contribution < -0.4 is 34.0 Å². The minimum Gasteiger partial charge on any atom is -0.497 e. The number of pyridine rings is 1. The van der Waals surface area contributed by atoms with Crippen LogP contribution in [-0.4, -0.2) is 45.2 Å². The number of ketones is 1. The predicted molar refractivity (Wildman–Crippen MR) is 149 cm³/mol. The van der Waals surface area contributed by atoms with Crippen molar-refractivity contribution in [3.63, 3.8) is 0 Å². The number of allylic oxidation sites excluding steroid dienone is 1. The third-order valence-electron chi connectivity index (χ3n) is 7.26. The molecule has 1 atom stereocenters. The Morgan fingerprint density at radius 2 is 1.59 bits per heavy atom. The number of H-pyrrole nitrogens is 1. The highest BCUT2D eigenvalue weighted by molar-refractivity contribution is 6.15. The van der Waals surface area contributed by atoms with E-state index in [1.54, 1.807) is 55.7 Å². The molecule has 10 nitrogen and oxygen atoms in total. The van der Waals surface area contributed by atoms with Gasteiger partial charge in [0.2, 0.25) is 5.78 Å². The minimum atomic E-state index is -0.709. The number of aromatic nitrogens is 1. The molecule has 41 heavy (non-hydrogen) atoms. The van der Waals surface area contributed by atoms with Crippen molar-refractivity contribution < 1.29 is 38.0 Å². The van der Waals surface area contributed by atoms with Crippen LogP contribution in [-0.2, 0) is 4.79 Å². The fourth-order valence-electron chi connectivity index (χ4n) is 5.26. The molecule has 0 amide bonds. The van der Waals surface area contributed by atoms with Crippen LogP contribution in [0, 0.1) is 0 Å². The van der Waals surface area contributed by atoms with Gasteiger partial charge in [-0.3, -0.25) is 14.4 Å². The molecule has 3 aromatic carbocycles. The Morgan fingerprint density at radius 1 is 0.829 bits per heavy atom. The van der Waals surface area contributed by atoms with E-state index in [4.69, 9.17) is 28.4 Å². The van der Waals surface area contributed by atoms with E-state index in [0.717, 1.165) is 5.39 Å². The van der Waals surface area contributed by atoms with Crippen LogP contribution in [0.5, 0.6) is 34.5 Å². The molecule has 0 saturated carbocycles. The van der Waals surface area contributed by atoms with Crippen molar-refractivity contribution in [1.82, 2.24) is 4.98 Å². The molecule has 1 aromatic heterocycles. The lowest BCUT2D eigenvalue weighted by Gasteiger charge is -2.26. The number of ether oxygens (including phenoxy) is 6. The summed E-state index contributed by atoms with van der Waals surface area (Å²) in [4.78, 5) is 42.3. The molecule has 0 radical (unpaired) electrons. The Labute approximate surface area is 234 Å². The summed E-state index contributed by atoms with van der Waals surface area (Å²) < 4.78 is 33.2. The van der Waals surface area contributed by atoms with Gasteiger partial charge in [0.05, 0.1) is 45.9 Å². The molecule has 10 heteroatoms. The van der Waals surface area contributed by atoms with Crippen molar-refractivity contribution in [1.29, 1.82) is 0 Å². The standard InChI is InChI=1S/C31H25NO9/c1-36-17-6-5-15-9-20(31(35)32-21(15)12-17)19-13-27(33)40-22-8-7-18-29(34)26(41-30(18)28(19)22)11-16-10-24(38-3)25(39-4)14-23(16)37-2/h5-12,14,19H,13H2,1-4H3,(H,32,35)/b26-11+/t19-/m0/s1. The van der Waals surface area contributed by atoms with Gasteiger partial charge in [0, 0.05) is 34.7 Å². The SMILES string of the molecule is COc1ccc2cc([C@@H]3CC(=O)Oc4ccc5c(c43)O/C(=C/c3cc(OC)c(OC)cc3OC)C5=O)c(=O)[nH]c2c1. The number of Topliss-reactive ketones (excluding diaryl/α,β-unsaturated/α-hetero) is 1. The number of carbonyl (C=O) groups excluding carboxylic acids is 2. The third-order valence-corrected chi connectivity index (χ3v) is 7.26. The van der Waals surface area contributed by atoms with Crippen LogP contribution in [0.2, 0.25) is 0 Å². The zero-order chi connectivity index (χ0) is 28.8. The molecule has 1 N–H and O–H groups in total. The van der Waals surface area contributed by atoms with E-state index in [1.807, 2.05) is 6.07 Å². The maximum atomic E-state index is 13.5. The van der Waals surface area contributed by atoms with Crippen molar-refractivity contribution in [2.24, 2.45) is 0 Å². The van der Waals surface area contributed by atoms with Crippen LogP contribution in [0.3, 0.4) is 0 Å². The van der Waals surface area contributed by atoms with Crippen LogP contribution >= 0.6 is 0 Å². The van der Waals surface area contributed by atoms with Crippen LogP contribution in [0.25, 0.3) is 17.0 Å². The molecule has 3 heterocycles. The van der Waals surface area contributed by atoms with Gasteiger partial charge in [-0.1, -0.05) is 0 Å². The van der Waals surface area contributed by atoms with E-state index in [1.165, 1.54) is 21.3 Å². The molecule has 0 unspecified atom stereocenters. The molecule has 0 spiro atoms. The first kappa shape index (κ1) is 26.0. The summed E-state index contributed by atoms with van der Waals surface area (Å²) in [5.74, 6) is 0.891. The first-order valence-corrected chi connectivity index (χ1v) is 12.7. The third kappa shape index (κ3) is 4.33. The van der Waals surface area contributed by atoms with Crippen LogP contribution in [0.15, 0.2) is 59.1 Å². The van der Waals surface area contributed by atoms with Crippen molar-refractivity contribution >= 4 is 28.7 Å². The number of aromatic amines is 1. The number of fused-ring (bicyclic) bond motifs is 4. The summed E-state index contributed by atoms with van der Waals surface area (Å²) in [6, 6.07) is 13.5. The molecule has 2 aliphatic rings. The number of nitrogens with one attached hydrogen (secondary N) is 1. The van der Waals surface area contributed by atoms with Gasteiger partial charge in [-0.25, -0.2) is 0 Å². The monoisotopic (exact) mass is 555 g/mol. The van der Waals surface area contributed by atoms with Gasteiger partial charge in [0.1, 0.15) is 23.0 Å². The quantitative estimate of drug-likeness (QED) is 0.206. The Bertz CT molecular complexity index is 1840. The number of esters is 1. The van der Waals surface area contributed by atoms with Gasteiger partial charge < -0.3 is 33.4 Å². The molecule has 4 aromatic rings. The zero-order valence-electron chi connectivity index (χ0n) is 22.7. The smallest absolute Gasteiger partial charge is 0.312 e. The minimum absolute atomic E-state index is 0.0362. The van der Waals surface area contributed by atoms with E-state index >= 15 is 0 Å². The highest BCUT2D eigenvalue weighted by Crippen LogP contribution is 2.49. The number of hydrogen-bond donors (Lipinski definition) is 1. The first-order chi connectivity index (χ1) is 19.8. The van der Waals surface area contributed by atoms with Crippen LogP contribution in [0.4, 0.5) is 0 Å². The Morgan fingerprint density at radius 3 is 2.32 bits per heavy atom. The molecule has 6 rings (SSSR count). The average Bonchev–Trinajstić information content (AvgIpc) is 3.30. The Hall–Kier alpha value is -5.25. The molecule has 0 saturated heterocycles. The molecular formula is C31H25NO9. The average molecular weight is 556 g/mol. The number of carbonyl (C=O) groups is 2.